The Bertz CT molecular complexity index is 729. The van der Waals surface area contributed by atoms with Crippen molar-refractivity contribution in [3.05, 3.63) is 40.4 Å². The van der Waals surface area contributed by atoms with E-state index in [9.17, 15) is 18.0 Å². The van der Waals surface area contributed by atoms with Gasteiger partial charge in [0.15, 0.2) is 16.4 Å². The Labute approximate surface area is 142 Å². The maximum absolute atomic E-state index is 11.6. The van der Waals surface area contributed by atoms with E-state index in [0.29, 0.717) is 6.42 Å². The van der Waals surface area contributed by atoms with Crippen LogP contribution in [0, 0.1) is 0 Å². The van der Waals surface area contributed by atoms with Crippen molar-refractivity contribution in [1.82, 2.24) is 5.32 Å². The molecular formula is C15H16BrNO5S. The fourth-order valence-electron chi connectivity index (χ4n) is 2.13. The van der Waals surface area contributed by atoms with Crippen LogP contribution in [0.3, 0.4) is 0 Å². The minimum absolute atomic E-state index is 0.0609. The molecule has 0 unspecified atom stereocenters. The Morgan fingerprint density at radius 1 is 1.35 bits per heavy atom. The summed E-state index contributed by atoms with van der Waals surface area (Å²) in [5, 5.41) is 2.55. The number of nitrogens with one attached hydrogen (secondary N) is 1. The molecule has 8 heteroatoms. The Kier molecular flexibility index (Phi) is 5.95. The molecule has 0 aliphatic carbocycles. The lowest BCUT2D eigenvalue weighted by atomic mass is 10.2. The number of benzene rings is 1. The first-order valence-corrected chi connectivity index (χ1v) is 9.56. The van der Waals surface area contributed by atoms with Gasteiger partial charge in [0.1, 0.15) is 0 Å². The fourth-order valence-corrected chi connectivity index (χ4v) is 4.22. The zero-order valence-corrected chi connectivity index (χ0v) is 14.6. The van der Waals surface area contributed by atoms with Crippen LogP contribution in [-0.4, -0.2) is 44.4 Å². The number of hydrogen-bond donors (Lipinski definition) is 1. The van der Waals surface area contributed by atoms with Crippen LogP contribution in [0.4, 0.5) is 0 Å². The minimum atomic E-state index is -3.05. The normalized spacial score (nSPS) is 19.6. The minimum Gasteiger partial charge on any atom is -0.452 e. The van der Waals surface area contributed by atoms with E-state index in [4.69, 9.17) is 4.74 Å². The van der Waals surface area contributed by atoms with Gasteiger partial charge in [0.25, 0.3) is 5.91 Å². The van der Waals surface area contributed by atoms with Gasteiger partial charge in [-0.2, -0.15) is 0 Å². The van der Waals surface area contributed by atoms with E-state index in [0.717, 1.165) is 10.0 Å². The van der Waals surface area contributed by atoms with Gasteiger partial charge in [-0.3, -0.25) is 4.79 Å². The number of halogens is 1. The highest BCUT2D eigenvalue weighted by Gasteiger charge is 2.28. The topological polar surface area (TPSA) is 89.5 Å². The van der Waals surface area contributed by atoms with Crippen LogP contribution in [-0.2, 0) is 24.2 Å². The molecule has 1 saturated heterocycles. The molecule has 0 bridgehead atoms. The van der Waals surface area contributed by atoms with Crippen molar-refractivity contribution in [2.45, 2.75) is 12.5 Å². The van der Waals surface area contributed by atoms with Crippen molar-refractivity contribution in [2.75, 3.05) is 18.1 Å². The molecule has 1 aliphatic rings. The number of hydrogen-bond acceptors (Lipinski definition) is 5. The summed E-state index contributed by atoms with van der Waals surface area (Å²) in [7, 11) is -3.05. The Hall–Kier alpha value is -1.67. The van der Waals surface area contributed by atoms with Gasteiger partial charge in [-0.1, -0.05) is 34.1 Å². The van der Waals surface area contributed by atoms with E-state index >= 15 is 0 Å². The number of esters is 1. The number of sulfone groups is 1. The van der Waals surface area contributed by atoms with Gasteiger partial charge in [0.05, 0.1) is 11.5 Å². The van der Waals surface area contributed by atoms with Gasteiger partial charge < -0.3 is 10.1 Å². The van der Waals surface area contributed by atoms with Crippen LogP contribution in [0.15, 0.2) is 34.8 Å². The average Bonchev–Trinajstić information content (AvgIpc) is 2.83. The molecule has 1 fully saturated rings. The van der Waals surface area contributed by atoms with E-state index in [1.807, 2.05) is 24.3 Å². The molecule has 1 heterocycles. The standard InChI is InChI=1S/C15H16BrNO5S/c16-13-4-2-1-3-11(13)5-6-15(19)22-9-14(18)17-12-7-8-23(20,21)10-12/h1-6,12H,7-10H2,(H,17,18)/b6-5+/t12-/m1/s1. The van der Waals surface area contributed by atoms with Crippen LogP contribution in [0.25, 0.3) is 6.08 Å². The lowest BCUT2D eigenvalue weighted by Gasteiger charge is -2.10. The highest BCUT2D eigenvalue weighted by atomic mass is 79.9. The molecule has 1 aromatic rings. The summed E-state index contributed by atoms with van der Waals surface area (Å²) in [4.78, 5) is 23.2. The van der Waals surface area contributed by atoms with E-state index in [2.05, 4.69) is 21.2 Å². The van der Waals surface area contributed by atoms with Crippen LogP contribution >= 0.6 is 15.9 Å². The van der Waals surface area contributed by atoms with Crippen molar-refractivity contribution in [2.24, 2.45) is 0 Å². The number of ether oxygens (including phenoxy) is 1. The van der Waals surface area contributed by atoms with Crippen molar-refractivity contribution in [1.29, 1.82) is 0 Å². The van der Waals surface area contributed by atoms with Crippen molar-refractivity contribution >= 4 is 43.7 Å². The van der Waals surface area contributed by atoms with Crippen molar-refractivity contribution < 1.29 is 22.7 Å². The van der Waals surface area contributed by atoms with Crippen molar-refractivity contribution in [3.63, 3.8) is 0 Å². The highest BCUT2D eigenvalue weighted by molar-refractivity contribution is 9.10. The van der Waals surface area contributed by atoms with Gasteiger partial charge >= 0.3 is 5.97 Å². The SMILES string of the molecule is O=C(COC(=O)/C=C/c1ccccc1Br)N[C@@H]1CCS(=O)(=O)C1. The Balaban J connectivity index is 1.76. The highest BCUT2D eigenvalue weighted by Crippen LogP contribution is 2.17. The van der Waals surface area contributed by atoms with E-state index in [-0.39, 0.29) is 11.5 Å². The van der Waals surface area contributed by atoms with Crippen molar-refractivity contribution in [3.8, 4) is 0 Å². The number of carbonyl (C=O) groups is 2. The van der Waals surface area contributed by atoms with Crippen LogP contribution < -0.4 is 5.32 Å². The third-order valence-electron chi connectivity index (χ3n) is 3.25. The summed E-state index contributed by atoms with van der Waals surface area (Å²) in [6.45, 7) is -0.435. The van der Waals surface area contributed by atoms with E-state index < -0.39 is 34.4 Å². The van der Waals surface area contributed by atoms with Gasteiger partial charge in [0, 0.05) is 16.6 Å². The monoisotopic (exact) mass is 401 g/mol. The molecular weight excluding hydrogens is 386 g/mol. The van der Waals surface area contributed by atoms with Crippen LogP contribution in [0.2, 0.25) is 0 Å². The van der Waals surface area contributed by atoms with Gasteiger partial charge in [-0.05, 0) is 24.1 Å². The largest absolute Gasteiger partial charge is 0.452 e. The molecule has 1 aromatic carbocycles. The molecule has 6 nitrogen and oxygen atoms in total. The molecule has 23 heavy (non-hydrogen) atoms. The van der Waals surface area contributed by atoms with E-state index in [1.165, 1.54) is 6.08 Å². The molecule has 2 rings (SSSR count). The molecule has 1 aliphatic heterocycles. The maximum Gasteiger partial charge on any atom is 0.331 e. The summed E-state index contributed by atoms with van der Waals surface area (Å²) in [6.07, 6.45) is 3.20. The third-order valence-corrected chi connectivity index (χ3v) is 5.74. The molecule has 0 saturated carbocycles. The summed E-state index contributed by atoms with van der Waals surface area (Å²) >= 11 is 3.35. The Morgan fingerprint density at radius 3 is 2.74 bits per heavy atom. The summed E-state index contributed by atoms with van der Waals surface area (Å²) in [6, 6.07) is 6.95. The third kappa shape index (κ3) is 5.80. The number of carbonyl (C=O) groups excluding carboxylic acids is 2. The summed E-state index contributed by atoms with van der Waals surface area (Å²) < 4.78 is 28.2. The average molecular weight is 402 g/mol. The molecule has 0 spiro atoms. The first kappa shape index (κ1) is 17.7. The zero-order chi connectivity index (χ0) is 16.9. The smallest absolute Gasteiger partial charge is 0.331 e. The van der Waals surface area contributed by atoms with Gasteiger partial charge in [-0.25, -0.2) is 13.2 Å². The predicted octanol–water partition coefficient (Wildman–Crippen LogP) is 1.31. The number of amides is 1. The second-order valence-electron chi connectivity index (χ2n) is 5.13. The molecule has 1 atom stereocenters. The van der Waals surface area contributed by atoms with Crippen LogP contribution in [0.1, 0.15) is 12.0 Å². The Morgan fingerprint density at radius 2 is 2.09 bits per heavy atom. The lowest BCUT2D eigenvalue weighted by Crippen LogP contribution is -2.38. The van der Waals surface area contributed by atoms with E-state index in [1.54, 1.807) is 6.08 Å². The van der Waals surface area contributed by atoms with Gasteiger partial charge in [0.2, 0.25) is 0 Å². The zero-order valence-electron chi connectivity index (χ0n) is 12.2. The van der Waals surface area contributed by atoms with Crippen LogP contribution in [0.5, 0.6) is 0 Å². The second kappa shape index (κ2) is 7.74. The molecule has 1 N–H and O–H groups in total. The maximum atomic E-state index is 11.6. The molecule has 0 radical (unpaired) electrons. The van der Waals surface area contributed by atoms with Gasteiger partial charge in [-0.15, -0.1) is 0 Å². The summed E-state index contributed by atoms with van der Waals surface area (Å²) in [5.41, 5.74) is 0.810. The first-order valence-electron chi connectivity index (χ1n) is 6.95. The quantitative estimate of drug-likeness (QED) is 0.593. The lowest BCUT2D eigenvalue weighted by molar-refractivity contribution is -0.143. The molecule has 124 valence electrons. The number of rotatable bonds is 5. The second-order valence-corrected chi connectivity index (χ2v) is 8.21. The fraction of sp³-hybridized carbons (Fsp3) is 0.333. The first-order chi connectivity index (χ1) is 10.9. The molecule has 0 aromatic heterocycles. The molecule has 1 amide bonds. The predicted molar refractivity (Wildman–Crippen MR) is 89.3 cm³/mol. The summed E-state index contributed by atoms with van der Waals surface area (Å²) in [5.74, 6) is -1.13.